The Morgan fingerprint density at radius 1 is 1.33 bits per heavy atom. The third-order valence-electron chi connectivity index (χ3n) is 2.43. The second-order valence-electron chi connectivity index (χ2n) is 3.79. The smallest absolute Gasteiger partial charge is 0.191 e. The van der Waals surface area contributed by atoms with E-state index in [1.807, 2.05) is 18.2 Å². The zero-order valence-corrected chi connectivity index (χ0v) is 11.2. The number of aromatic nitrogens is 4. The third-order valence-corrected chi connectivity index (χ3v) is 3.40. The van der Waals surface area contributed by atoms with Crippen molar-refractivity contribution in [1.82, 2.24) is 19.7 Å². The van der Waals surface area contributed by atoms with Crippen molar-refractivity contribution in [3.8, 4) is 11.4 Å². The monoisotopic (exact) mass is 260 g/mol. The molecule has 0 aliphatic rings. The van der Waals surface area contributed by atoms with Gasteiger partial charge in [0.15, 0.2) is 11.0 Å². The van der Waals surface area contributed by atoms with E-state index < -0.39 is 0 Å². The van der Waals surface area contributed by atoms with Crippen molar-refractivity contribution in [1.29, 1.82) is 0 Å². The molecule has 2 aromatic heterocycles. The van der Waals surface area contributed by atoms with Gasteiger partial charge in [-0.2, -0.15) is 0 Å². The summed E-state index contributed by atoms with van der Waals surface area (Å²) in [5.74, 6) is 1.75. The van der Waals surface area contributed by atoms with E-state index in [9.17, 15) is 0 Å². The fraction of sp³-hybridized carbons (Fsp3) is 0.308. The first-order chi connectivity index (χ1) is 8.86. The molecule has 0 N–H and O–H groups in total. The van der Waals surface area contributed by atoms with E-state index in [1.54, 1.807) is 24.2 Å². The Hall–Kier alpha value is -1.62. The van der Waals surface area contributed by atoms with Gasteiger partial charge in [-0.25, -0.2) is 0 Å². The van der Waals surface area contributed by atoms with Crippen LogP contribution < -0.4 is 0 Å². The fourth-order valence-electron chi connectivity index (χ4n) is 1.67. The highest BCUT2D eigenvalue weighted by molar-refractivity contribution is 7.99. The lowest BCUT2D eigenvalue weighted by Gasteiger charge is -2.07. The molecule has 0 radical (unpaired) electrons. The molecule has 2 heterocycles. The van der Waals surface area contributed by atoms with E-state index in [0.717, 1.165) is 35.3 Å². The summed E-state index contributed by atoms with van der Waals surface area (Å²) in [4.78, 5) is 4.03. The van der Waals surface area contributed by atoms with Crippen LogP contribution in [0.25, 0.3) is 11.4 Å². The minimum absolute atomic E-state index is 0.845. The molecule has 0 aromatic carbocycles. The molecule has 0 aliphatic carbocycles. The Kier molecular flexibility index (Phi) is 4.52. The molecule has 2 aromatic rings. The number of hydrogen-bond acceptors (Lipinski definition) is 4. The highest BCUT2D eigenvalue weighted by atomic mass is 32.2. The average molecular weight is 260 g/mol. The van der Waals surface area contributed by atoms with Crippen LogP contribution in [0.15, 0.2) is 42.3 Å². The number of rotatable bonds is 6. The van der Waals surface area contributed by atoms with Crippen LogP contribution in [-0.2, 0) is 6.54 Å². The maximum Gasteiger partial charge on any atom is 0.191 e. The standard InChI is InChI=1S/C13H16N4S/c1-3-9-17-12(11-5-7-14-8-6-11)15-16-13(17)18-10-4-2/h4-8H,2-3,9-10H2,1H3. The van der Waals surface area contributed by atoms with Crippen molar-refractivity contribution in [2.75, 3.05) is 5.75 Å². The van der Waals surface area contributed by atoms with E-state index in [0.29, 0.717) is 0 Å². The largest absolute Gasteiger partial charge is 0.302 e. The van der Waals surface area contributed by atoms with Gasteiger partial charge in [0.1, 0.15) is 0 Å². The summed E-state index contributed by atoms with van der Waals surface area (Å²) in [5, 5.41) is 9.49. The molecule has 0 bridgehead atoms. The van der Waals surface area contributed by atoms with Gasteiger partial charge >= 0.3 is 0 Å². The van der Waals surface area contributed by atoms with Gasteiger partial charge in [-0.05, 0) is 18.6 Å². The first-order valence-corrected chi connectivity index (χ1v) is 6.92. The summed E-state index contributed by atoms with van der Waals surface area (Å²) in [6.45, 7) is 6.80. The summed E-state index contributed by atoms with van der Waals surface area (Å²) in [5.41, 5.74) is 1.05. The number of thioether (sulfide) groups is 1. The van der Waals surface area contributed by atoms with Crippen molar-refractivity contribution in [2.45, 2.75) is 25.0 Å². The Bertz CT molecular complexity index is 507. The van der Waals surface area contributed by atoms with Crippen LogP contribution in [0.5, 0.6) is 0 Å². The number of hydrogen-bond donors (Lipinski definition) is 0. The third kappa shape index (κ3) is 2.79. The van der Waals surface area contributed by atoms with Crippen LogP contribution in [0.4, 0.5) is 0 Å². The molecule has 18 heavy (non-hydrogen) atoms. The van der Waals surface area contributed by atoms with Gasteiger partial charge < -0.3 is 4.57 Å². The highest BCUT2D eigenvalue weighted by Crippen LogP contribution is 2.23. The number of nitrogens with zero attached hydrogens (tertiary/aromatic N) is 4. The molecule has 94 valence electrons. The van der Waals surface area contributed by atoms with Crippen molar-refractivity contribution < 1.29 is 0 Å². The lowest BCUT2D eigenvalue weighted by atomic mass is 10.2. The van der Waals surface area contributed by atoms with E-state index in [-0.39, 0.29) is 0 Å². The molecule has 4 nitrogen and oxygen atoms in total. The Morgan fingerprint density at radius 2 is 2.11 bits per heavy atom. The topological polar surface area (TPSA) is 43.6 Å². The lowest BCUT2D eigenvalue weighted by molar-refractivity contribution is 0.626. The Morgan fingerprint density at radius 3 is 2.78 bits per heavy atom. The van der Waals surface area contributed by atoms with E-state index in [2.05, 4.69) is 33.3 Å². The molecule has 0 saturated carbocycles. The molecule has 0 atom stereocenters. The van der Waals surface area contributed by atoms with Crippen LogP contribution >= 0.6 is 11.8 Å². The SMILES string of the molecule is C=CCSc1nnc(-c2ccncc2)n1CCC. The Labute approximate surface area is 111 Å². The molecule has 0 spiro atoms. The minimum Gasteiger partial charge on any atom is -0.302 e. The predicted molar refractivity (Wildman–Crippen MR) is 74.5 cm³/mol. The van der Waals surface area contributed by atoms with Gasteiger partial charge in [0.25, 0.3) is 0 Å². The average Bonchev–Trinajstić information content (AvgIpc) is 2.81. The van der Waals surface area contributed by atoms with Crippen LogP contribution in [0, 0.1) is 0 Å². The fourth-order valence-corrected chi connectivity index (χ4v) is 2.37. The van der Waals surface area contributed by atoms with E-state index in [1.165, 1.54) is 0 Å². The molecular weight excluding hydrogens is 244 g/mol. The predicted octanol–water partition coefficient (Wildman–Crippen LogP) is 3.03. The maximum absolute atomic E-state index is 4.29. The summed E-state index contributed by atoms with van der Waals surface area (Å²) in [6.07, 6.45) is 6.48. The number of pyridine rings is 1. The summed E-state index contributed by atoms with van der Waals surface area (Å²) >= 11 is 1.66. The second kappa shape index (κ2) is 6.35. The molecular formula is C13H16N4S. The summed E-state index contributed by atoms with van der Waals surface area (Å²) in [6, 6.07) is 3.91. The zero-order chi connectivity index (χ0) is 12.8. The van der Waals surface area contributed by atoms with Gasteiger partial charge in [0, 0.05) is 30.3 Å². The van der Waals surface area contributed by atoms with Crippen LogP contribution in [-0.4, -0.2) is 25.5 Å². The molecule has 0 saturated heterocycles. The molecule has 0 aliphatic heterocycles. The van der Waals surface area contributed by atoms with E-state index >= 15 is 0 Å². The van der Waals surface area contributed by atoms with Crippen molar-refractivity contribution in [3.05, 3.63) is 37.2 Å². The van der Waals surface area contributed by atoms with Crippen LogP contribution in [0.1, 0.15) is 13.3 Å². The highest BCUT2D eigenvalue weighted by Gasteiger charge is 2.12. The summed E-state index contributed by atoms with van der Waals surface area (Å²) < 4.78 is 2.16. The normalized spacial score (nSPS) is 10.5. The molecule has 0 amide bonds. The Balaban J connectivity index is 2.35. The van der Waals surface area contributed by atoms with Gasteiger partial charge in [0.05, 0.1) is 0 Å². The van der Waals surface area contributed by atoms with Crippen molar-refractivity contribution in [3.63, 3.8) is 0 Å². The molecule has 0 fully saturated rings. The van der Waals surface area contributed by atoms with Gasteiger partial charge in [-0.1, -0.05) is 24.8 Å². The van der Waals surface area contributed by atoms with Crippen LogP contribution in [0.3, 0.4) is 0 Å². The lowest BCUT2D eigenvalue weighted by Crippen LogP contribution is -2.01. The van der Waals surface area contributed by atoms with E-state index in [4.69, 9.17) is 0 Å². The van der Waals surface area contributed by atoms with Gasteiger partial charge in [-0.15, -0.1) is 16.8 Å². The minimum atomic E-state index is 0.845. The summed E-state index contributed by atoms with van der Waals surface area (Å²) in [7, 11) is 0. The van der Waals surface area contributed by atoms with Gasteiger partial charge in [-0.3, -0.25) is 4.98 Å². The van der Waals surface area contributed by atoms with Gasteiger partial charge in [0.2, 0.25) is 0 Å². The van der Waals surface area contributed by atoms with Crippen molar-refractivity contribution in [2.24, 2.45) is 0 Å². The first-order valence-electron chi connectivity index (χ1n) is 5.94. The zero-order valence-electron chi connectivity index (χ0n) is 10.4. The molecule has 0 unspecified atom stereocenters. The quantitative estimate of drug-likeness (QED) is 0.591. The second-order valence-corrected chi connectivity index (χ2v) is 4.78. The first kappa shape index (κ1) is 12.8. The van der Waals surface area contributed by atoms with Crippen LogP contribution in [0.2, 0.25) is 0 Å². The molecule has 5 heteroatoms. The van der Waals surface area contributed by atoms with Crippen molar-refractivity contribution >= 4 is 11.8 Å². The maximum atomic E-state index is 4.29. The molecule has 2 rings (SSSR count).